The maximum absolute atomic E-state index is 13.3. The monoisotopic (exact) mass is 301 g/mol. The summed E-state index contributed by atoms with van der Waals surface area (Å²) in [4.78, 5) is 3.87. The minimum absolute atomic E-state index is 0.149. The van der Waals surface area contributed by atoms with Gasteiger partial charge in [0.05, 0.1) is 39.0 Å². The van der Waals surface area contributed by atoms with Crippen LogP contribution in [0.15, 0.2) is 48.5 Å². The Morgan fingerprint density at radius 1 is 1.09 bits per heavy atom. The zero-order valence-electron chi connectivity index (χ0n) is 12.9. The second-order valence-electron chi connectivity index (χ2n) is 5.72. The summed E-state index contributed by atoms with van der Waals surface area (Å²) in [5, 5.41) is 0. The van der Waals surface area contributed by atoms with E-state index in [-0.39, 0.29) is 5.82 Å². The Bertz CT molecular complexity index is 624. The van der Waals surface area contributed by atoms with E-state index in [2.05, 4.69) is 11.0 Å². The molecule has 116 valence electrons. The normalized spacial score (nSPS) is 15.8. The van der Waals surface area contributed by atoms with Gasteiger partial charge in [0, 0.05) is 5.56 Å². The van der Waals surface area contributed by atoms with Crippen molar-refractivity contribution in [3.63, 3.8) is 0 Å². The number of hydrogen-bond acceptors (Lipinski definition) is 2. The standard InChI is InChI=1S/C18H21FN2O/c1-22-18-8-3-2-7-17(18)21-11-9-20(10-12-21)14-15-5-4-6-16(19)13-15/h2-8,13H,9-12,14H2,1H3/p+1. The Labute approximate surface area is 130 Å². The van der Waals surface area contributed by atoms with Gasteiger partial charge in [-0.15, -0.1) is 0 Å². The van der Waals surface area contributed by atoms with Crippen molar-refractivity contribution < 1.29 is 14.0 Å². The largest absolute Gasteiger partial charge is 0.495 e. The molecule has 1 heterocycles. The number of anilines is 1. The molecule has 0 atom stereocenters. The number of benzene rings is 2. The van der Waals surface area contributed by atoms with Gasteiger partial charge in [0.15, 0.2) is 0 Å². The van der Waals surface area contributed by atoms with Crippen LogP contribution in [0.4, 0.5) is 10.1 Å². The first-order chi connectivity index (χ1) is 10.8. The SMILES string of the molecule is COc1ccccc1N1CC[NH+](Cc2cccc(F)c2)CC1. The van der Waals surface area contributed by atoms with Crippen LogP contribution in [0.25, 0.3) is 0 Å². The first-order valence-electron chi connectivity index (χ1n) is 7.72. The molecule has 0 bridgehead atoms. The van der Waals surface area contributed by atoms with Crippen LogP contribution >= 0.6 is 0 Å². The van der Waals surface area contributed by atoms with Gasteiger partial charge in [0.1, 0.15) is 18.1 Å². The molecule has 0 saturated carbocycles. The zero-order valence-corrected chi connectivity index (χ0v) is 12.9. The molecule has 1 aliphatic heterocycles. The maximum Gasteiger partial charge on any atom is 0.142 e. The summed E-state index contributed by atoms with van der Waals surface area (Å²) in [5.74, 6) is 0.778. The fourth-order valence-corrected chi connectivity index (χ4v) is 3.07. The van der Waals surface area contributed by atoms with E-state index in [1.807, 2.05) is 24.3 Å². The summed E-state index contributed by atoms with van der Waals surface area (Å²) < 4.78 is 18.7. The van der Waals surface area contributed by atoms with Crippen molar-refractivity contribution in [2.24, 2.45) is 0 Å². The average molecular weight is 301 g/mol. The predicted molar refractivity (Wildman–Crippen MR) is 86.0 cm³/mol. The van der Waals surface area contributed by atoms with E-state index in [1.165, 1.54) is 11.0 Å². The van der Waals surface area contributed by atoms with Gasteiger partial charge in [-0.25, -0.2) is 4.39 Å². The molecular formula is C18H22FN2O+. The van der Waals surface area contributed by atoms with Gasteiger partial charge in [0.2, 0.25) is 0 Å². The van der Waals surface area contributed by atoms with E-state index in [0.717, 1.165) is 49.7 Å². The van der Waals surface area contributed by atoms with Crippen LogP contribution in [0.3, 0.4) is 0 Å². The third-order valence-corrected chi connectivity index (χ3v) is 4.24. The van der Waals surface area contributed by atoms with Gasteiger partial charge in [0.25, 0.3) is 0 Å². The molecule has 0 radical (unpaired) electrons. The van der Waals surface area contributed by atoms with Crippen LogP contribution in [0.2, 0.25) is 0 Å². The molecule has 1 saturated heterocycles. The number of halogens is 1. The molecule has 0 spiro atoms. The summed E-state index contributed by atoms with van der Waals surface area (Å²) in [6.45, 7) is 4.97. The molecule has 1 N–H and O–H groups in total. The summed E-state index contributed by atoms with van der Waals surface area (Å²) in [6, 6.07) is 15.1. The van der Waals surface area contributed by atoms with Gasteiger partial charge in [-0.2, -0.15) is 0 Å². The molecule has 2 aromatic carbocycles. The topological polar surface area (TPSA) is 16.9 Å². The second-order valence-corrected chi connectivity index (χ2v) is 5.72. The van der Waals surface area contributed by atoms with Gasteiger partial charge >= 0.3 is 0 Å². The third kappa shape index (κ3) is 3.39. The summed E-state index contributed by atoms with van der Waals surface area (Å²) in [5.41, 5.74) is 2.23. The Balaban J connectivity index is 1.60. The highest BCUT2D eigenvalue weighted by atomic mass is 19.1. The van der Waals surface area contributed by atoms with Crippen LogP contribution in [0, 0.1) is 5.82 Å². The van der Waals surface area contributed by atoms with Gasteiger partial charge < -0.3 is 14.5 Å². The molecule has 22 heavy (non-hydrogen) atoms. The highest BCUT2D eigenvalue weighted by Gasteiger charge is 2.22. The van der Waals surface area contributed by atoms with E-state index >= 15 is 0 Å². The summed E-state index contributed by atoms with van der Waals surface area (Å²) >= 11 is 0. The van der Waals surface area contributed by atoms with E-state index in [0.29, 0.717) is 0 Å². The number of methoxy groups -OCH3 is 1. The Hall–Kier alpha value is -2.07. The van der Waals surface area contributed by atoms with Crippen molar-refractivity contribution in [3.05, 3.63) is 59.9 Å². The third-order valence-electron chi connectivity index (χ3n) is 4.24. The number of para-hydroxylation sites is 2. The molecule has 4 heteroatoms. The summed E-state index contributed by atoms with van der Waals surface area (Å²) in [6.07, 6.45) is 0. The minimum Gasteiger partial charge on any atom is -0.495 e. The Morgan fingerprint density at radius 2 is 1.86 bits per heavy atom. The van der Waals surface area contributed by atoms with Crippen molar-refractivity contribution in [3.8, 4) is 5.75 Å². The van der Waals surface area contributed by atoms with Crippen LogP contribution in [-0.2, 0) is 6.54 Å². The molecule has 2 aromatic rings. The predicted octanol–water partition coefficient (Wildman–Crippen LogP) is 1.74. The molecule has 0 aromatic heterocycles. The van der Waals surface area contributed by atoms with Crippen LogP contribution in [0.5, 0.6) is 5.75 Å². The Morgan fingerprint density at radius 3 is 2.59 bits per heavy atom. The smallest absolute Gasteiger partial charge is 0.142 e. The lowest BCUT2D eigenvalue weighted by molar-refractivity contribution is -0.914. The molecule has 0 amide bonds. The lowest BCUT2D eigenvalue weighted by Gasteiger charge is -2.34. The molecule has 3 rings (SSSR count). The van der Waals surface area contributed by atoms with Crippen molar-refractivity contribution >= 4 is 5.69 Å². The van der Waals surface area contributed by atoms with Gasteiger partial charge in [-0.05, 0) is 24.3 Å². The maximum atomic E-state index is 13.3. The van der Waals surface area contributed by atoms with E-state index in [1.54, 1.807) is 19.2 Å². The van der Waals surface area contributed by atoms with Crippen molar-refractivity contribution in [2.45, 2.75) is 6.54 Å². The van der Waals surface area contributed by atoms with Gasteiger partial charge in [-0.1, -0.05) is 24.3 Å². The van der Waals surface area contributed by atoms with E-state index in [4.69, 9.17) is 4.74 Å². The highest BCUT2D eigenvalue weighted by Crippen LogP contribution is 2.27. The number of hydrogen-bond donors (Lipinski definition) is 1. The molecule has 1 fully saturated rings. The minimum atomic E-state index is -0.149. The van der Waals surface area contributed by atoms with Gasteiger partial charge in [-0.3, -0.25) is 0 Å². The van der Waals surface area contributed by atoms with Crippen molar-refractivity contribution in [2.75, 3.05) is 38.2 Å². The Kier molecular flexibility index (Phi) is 4.59. The van der Waals surface area contributed by atoms with Crippen LogP contribution < -0.4 is 14.5 Å². The quantitative estimate of drug-likeness (QED) is 0.926. The fourth-order valence-electron chi connectivity index (χ4n) is 3.07. The number of ether oxygens (including phenoxy) is 1. The number of nitrogens with one attached hydrogen (secondary N) is 1. The number of piperazine rings is 1. The molecular weight excluding hydrogens is 279 g/mol. The number of rotatable bonds is 4. The van der Waals surface area contributed by atoms with E-state index in [9.17, 15) is 4.39 Å². The van der Waals surface area contributed by atoms with Crippen molar-refractivity contribution in [1.82, 2.24) is 0 Å². The molecule has 1 aliphatic rings. The second kappa shape index (κ2) is 6.79. The van der Waals surface area contributed by atoms with Crippen LogP contribution in [-0.4, -0.2) is 33.3 Å². The summed E-state index contributed by atoms with van der Waals surface area (Å²) in [7, 11) is 1.71. The molecule has 0 aliphatic carbocycles. The zero-order chi connectivity index (χ0) is 15.4. The van der Waals surface area contributed by atoms with Crippen LogP contribution in [0.1, 0.15) is 5.56 Å². The highest BCUT2D eigenvalue weighted by molar-refractivity contribution is 5.58. The first kappa shape index (κ1) is 14.9. The lowest BCUT2D eigenvalue weighted by Crippen LogP contribution is -3.13. The molecule has 0 unspecified atom stereocenters. The van der Waals surface area contributed by atoms with Crippen molar-refractivity contribution in [1.29, 1.82) is 0 Å². The fraction of sp³-hybridized carbons (Fsp3) is 0.333. The number of nitrogens with zero attached hydrogens (tertiary/aromatic N) is 1. The average Bonchev–Trinajstić information content (AvgIpc) is 2.56. The number of quaternary nitrogens is 1. The first-order valence-corrected chi connectivity index (χ1v) is 7.72. The van der Waals surface area contributed by atoms with E-state index < -0.39 is 0 Å². The molecule has 3 nitrogen and oxygen atoms in total. The lowest BCUT2D eigenvalue weighted by atomic mass is 10.2.